The summed E-state index contributed by atoms with van der Waals surface area (Å²) in [7, 11) is 0. The lowest BCUT2D eigenvalue weighted by molar-refractivity contribution is -0.0572. The molecule has 1 saturated heterocycles. The number of ether oxygens (including phenoxy) is 2. The van der Waals surface area contributed by atoms with Gasteiger partial charge in [0.05, 0.1) is 12.7 Å². The summed E-state index contributed by atoms with van der Waals surface area (Å²) in [5.74, 6) is 0. The number of rotatable bonds is 2. The second kappa shape index (κ2) is 4.14. The molecule has 4 heteroatoms. The predicted molar refractivity (Wildman–Crippen MR) is 64.4 cm³/mol. The molecule has 0 aliphatic carbocycles. The molecule has 1 aliphatic heterocycles. The van der Waals surface area contributed by atoms with E-state index < -0.39 is 0 Å². The van der Waals surface area contributed by atoms with E-state index in [1.54, 1.807) is 11.3 Å². The van der Waals surface area contributed by atoms with E-state index >= 15 is 0 Å². The van der Waals surface area contributed by atoms with Crippen molar-refractivity contribution < 1.29 is 9.47 Å². The van der Waals surface area contributed by atoms with Gasteiger partial charge < -0.3 is 15.2 Å². The number of hydrogen-bond donors (Lipinski definition) is 1. The maximum atomic E-state index is 5.72. The normalized spacial score (nSPS) is 25.3. The molecule has 2 atom stereocenters. The second-order valence-corrected chi connectivity index (χ2v) is 4.76. The molecule has 1 aliphatic rings. The lowest BCUT2D eigenvalue weighted by atomic mass is 10.2. The van der Waals surface area contributed by atoms with Gasteiger partial charge in [0.1, 0.15) is 0 Å². The van der Waals surface area contributed by atoms with Gasteiger partial charge in [0.25, 0.3) is 0 Å². The van der Waals surface area contributed by atoms with E-state index in [1.807, 2.05) is 12.1 Å². The van der Waals surface area contributed by atoms with Crippen molar-refractivity contribution in [1.82, 2.24) is 0 Å². The highest BCUT2D eigenvalue weighted by Crippen LogP contribution is 2.35. The molecule has 0 radical (unpaired) electrons. The summed E-state index contributed by atoms with van der Waals surface area (Å²) in [6, 6.07) is 8.29. The van der Waals surface area contributed by atoms with E-state index in [-0.39, 0.29) is 12.4 Å². The Labute approximate surface area is 97.8 Å². The lowest BCUT2D eigenvalue weighted by Crippen LogP contribution is -2.21. The molecule has 2 heterocycles. The van der Waals surface area contributed by atoms with Crippen molar-refractivity contribution in [1.29, 1.82) is 0 Å². The first kappa shape index (κ1) is 10.2. The van der Waals surface area contributed by atoms with Crippen molar-refractivity contribution in [3.63, 3.8) is 0 Å². The summed E-state index contributed by atoms with van der Waals surface area (Å²) < 4.78 is 12.6. The molecule has 1 aromatic heterocycles. The summed E-state index contributed by atoms with van der Waals surface area (Å²) >= 11 is 1.72. The number of nitrogens with two attached hydrogens (primary N) is 1. The van der Waals surface area contributed by atoms with Gasteiger partial charge in [0, 0.05) is 27.6 Å². The fourth-order valence-corrected chi connectivity index (χ4v) is 2.88. The molecule has 2 unspecified atom stereocenters. The van der Waals surface area contributed by atoms with Crippen LogP contribution >= 0.6 is 11.3 Å². The predicted octanol–water partition coefficient (Wildman–Crippen LogP) is 2.27. The molecule has 0 bridgehead atoms. The first-order chi connectivity index (χ1) is 7.88. The minimum Gasteiger partial charge on any atom is -0.346 e. The highest BCUT2D eigenvalue weighted by molar-refractivity contribution is 7.17. The van der Waals surface area contributed by atoms with Crippen molar-refractivity contribution in [3.8, 4) is 0 Å². The minimum absolute atomic E-state index is 0.0312. The van der Waals surface area contributed by atoms with Gasteiger partial charge in [0.15, 0.2) is 6.29 Å². The zero-order valence-corrected chi connectivity index (χ0v) is 9.57. The van der Waals surface area contributed by atoms with E-state index in [9.17, 15) is 0 Å². The van der Waals surface area contributed by atoms with Gasteiger partial charge >= 0.3 is 0 Å². The molecule has 3 nitrogen and oxygen atoms in total. The van der Waals surface area contributed by atoms with E-state index in [0.29, 0.717) is 13.2 Å². The number of hydrogen-bond acceptors (Lipinski definition) is 4. The van der Waals surface area contributed by atoms with Crippen LogP contribution in [-0.4, -0.2) is 19.3 Å². The molecule has 2 aromatic rings. The number of fused-ring (bicyclic) bond motifs is 1. The smallest absolute Gasteiger partial charge is 0.185 e. The quantitative estimate of drug-likeness (QED) is 0.868. The topological polar surface area (TPSA) is 44.5 Å². The fraction of sp³-hybridized carbons (Fsp3) is 0.333. The summed E-state index contributed by atoms with van der Waals surface area (Å²) in [6.45, 7) is 1.10. The maximum Gasteiger partial charge on any atom is 0.185 e. The Kier molecular flexibility index (Phi) is 2.65. The molecule has 3 rings (SSSR count). The molecular formula is C12H13NO2S. The first-order valence-electron chi connectivity index (χ1n) is 5.32. The summed E-state index contributed by atoms with van der Waals surface area (Å²) in [5.41, 5.74) is 6.68. The van der Waals surface area contributed by atoms with Gasteiger partial charge in [-0.25, -0.2) is 0 Å². The zero-order valence-electron chi connectivity index (χ0n) is 8.76. The Morgan fingerprint density at radius 3 is 3.06 bits per heavy atom. The molecule has 1 aromatic carbocycles. The third-order valence-electron chi connectivity index (χ3n) is 2.78. The number of thiophene rings is 1. The van der Waals surface area contributed by atoms with Crippen molar-refractivity contribution >= 4 is 21.4 Å². The van der Waals surface area contributed by atoms with E-state index in [1.165, 1.54) is 10.1 Å². The summed E-state index contributed by atoms with van der Waals surface area (Å²) in [5, 5.41) is 3.32. The zero-order chi connectivity index (χ0) is 11.0. The van der Waals surface area contributed by atoms with Crippen LogP contribution in [0.5, 0.6) is 0 Å². The van der Waals surface area contributed by atoms with Crippen molar-refractivity contribution in [2.75, 3.05) is 13.2 Å². The highest BCUT2D eigenvalue weighted by atomic mass is 32.1. The molecule has 0 saturated carbocycles. The van der Waals surface area contributed by atoms with Crippen LogP contribution in [0.1, 0.15) is 11.9 Å². The van der Waals surface area contributed by atoms with Gasteiger partial charge in [0.2, 0.25) is 0 Å². The number of benzene rings is 1. The third kappa shape index (κ3) is 1.64. The molecular weight excluding hydrogens is 222 g/mol. The third-order valence-corrected chi connectivity index (χ3v) is 3.76. The van der Waals surface area contributed by atoms with Gasteiger partial charge in [-0.15, -0.1) is 11.3 Å². The van der Waals surface area contributed by atoms with Gasteiger partial charge in [-0.1, -0.05) is 18.2 Å². The first-order valence-corrected chi connectivity index (χ1v) is 6.19. The molecule has 16 heavy (non-hydrogen) atoms. The Bertz CT molecular complexity index is 496. The van der Waals surface area contributed by atoms with E-state index in [2.05, 4.69) is 17.5 Å². The Morgan fingerprint density at radius 2 is 2.25 bits per heavy atom. The molecule has 2 N–H and O–H groups in total. The average Bonchev–Trinajstić information content (AvgIpc) is 2.94. The van der Waals surface area contributed by atoms with Crippen molar-refractivity contribution in [2.45, 2.75) is 12.4 Å². The summed E-state index contributed by atoms with van der Waals surface area (Å²) in [6.07, 6.45) is -0.214. The molecule has 1 fully saturated rings. The van der Waals surface area contributed by atoms with Crippen molar-refractivity contribution in [3.05, 3.63) is 35.2 Å². The Balaban J connectivity index is 1.95. The van der Waals surface area contributed by atoms with Crippen LogP contribution in [0.4, 0.5) is 0 Å². The molecule has 84 valence electrons. The Morgan fingerprint density at radius 1 is 1.38 bits per heavy atom. The molecule has 0 spiro atoms. The SMILES string of the molecule is NCC1COC(c2csc3ccccc23)O1. The van der Waals surface area contributed by atoms with Crippen LogP contribution in [0.3, 0.4) is 0 Å². The summed E-state index contributed by atoms with van der Waals surface area (Å²) in [4.78, 5) is 0. The van der Waals surface area contributed by atoms with Crippen LogP contribution < -0.4 is 5.73 Å². The fourth-order valence-electron chi connectivity index (χ4n) is 1.92. The van der Waals surface area contributed by atoms with Crippen LogP contribution in [0.25, 0.3) is 10.1 Å². The Hall–Kier alpha value is -0.940. The average molecular weight is 235 g/mol. The highest BCUT2D eigenvalue weighted by Gasteiger charge is 2.27. The molecule has 0 amide bonds. The van der Waals surface area contributed by atoms with Gasteiger partial charge in [-0.2, -0.15) is 0 Å². The second-order valence-electron chi connectivity index (χ2n) is 3.85. The minimum atomic E-state index is -0.246. The van der Waals surface area contributed by atoms with Crippen molar-refractivity contribution in [2.24, 2.45) is 5.73 Å². The van der Waals surface area contributed by atoms with E-state index in [4.69, 9.17) is 15.2 Å². The largest absolute Gasteiger partial charge is 0.346 e. The van der Waals surface area contributed by atoms with Gasteiger partial charge in [-0.05, 0) is 6.07 Å². The monoisotopic (exact) mass is 235 g/mol. The standard InChI is InChI=1S/C12H13NO2S/c13-5-8-6-14-12(15-8)10-7-16-11-4-2-1-3-9(10)11/h1-4,7-8,12H,5-6,13H2. The van der Waals surface area contributed by atoms with E-state index in [0.717, 1.165) is 5.56 Å². The maximum absolute atomic E-state index is 5.72. The van der Waals surface area contributed by atoms with Crippen LogP contribution in [0, 0.1) is 0 Å². The van der Waals surface area contributed by atoms with Gasteiger partial charge in [-0.3, -0.25) is 0 Å². The lowest BCUT2D eigenvalue weighted by Gasteiger charge is -2.09. The van der Waals surface area contributed by atoms with Crippen LogP contribution in [-0.2, 0) is 9.47 Å². The van der Waals surface area contributed by atoms with Crippen LogP contribution in [0.15, 0.2) is 29.6 Å². The van der Waals surface area contributed by atoms with Crippen LogP contribution in [0.2, 0.25) is 0 Å².